The summed E-state index contributed by atoms with van der Waals surface area (Å²) in [4.78, 5) is 20.8. The van der Waals surface area contributed by atoms with Crippen LogP contribution >= 0.6 is 24.8 Å². The first-order chi connectivity index (χ1) is 12.7. The van der Waals surface area contributed by atoms with E-state index in [2.05, 4.69) is 15.3 Å². The number of amides is 1. The lowest BCUT2D eigenvalue weighted by molar-refractivity contribution is -0.121. The Kier molecular flexibility index (Phi) is 5.98. The third kappa shape index (κ3) is 3.50. The highest BCUT2D eigenvalue weighted by atomic mass is 35.5. The van der Waals surface area contributed by atoms with Crippen molar-refractivity contribution >= 4 is 47.4 Å². The van der Waals surface area contributed by atoms with Crippen LogP contribution in [0.4, 0.5) is 5.69 Å². The predicted octanol–water partition coefficient (Wildman–Crippen LogP) is 4.39. The minimum absolute atomic E-state index is 0. The molecule has 2 bridgehead atoms. The summed E-state index contributed by atoms with van der Waals surface area (Å²) in [7, 11) is 0. The molecule has 1 heterocycles. The van der Waals surface area contributed by atoms with E-state index >= 15 is 0 Å². The summed E-state index contributed by atoms with van der Waals surface area (Å²) < 4.78 is 0. The number of benzene rings is 2. The van der Waals surface area contributed by atoms with Crippen LogP contribution in [0, 0.1) is 17.8 Å². The maximum Gasteiger partial charge on any atom is 0.229 e. The highest BCUT2D eigenvalue weighted by molar-refractivity contribution is 5.94. The van der Waals surface area contributed by atoms with E-state index < -0.39 is 0 Å². The molecule has 0 spiro atoms. The van der Waals surface area contributed by atoms with Crippen molar-refractivity contribution in [3.63, 3.8) is 0 Å². The van der Waals surface area contributed by atoms with Crippen LogP contribution in [0.5, 0.6) is 0 Å². The molecule has 1 amide bonds. The highest BCUT2D eigenvalue weighted by Gasteiger charge is 2.49. The fraction of sp³-hybridized carbons (Fsp3) is 0.333. The highest BCUT2D eigenvalue weighted by Crippen LogP contribution is 2.47. The van der Waals surface area contributed by atoms with Crippen molar-refractivity contribution in [1.82, 2.24) is 9.97 Å². The van der Waals surface area contributed by atoms with E-state index in [1.54, 1.807) is 0 Å². The molecule has 3 aromatic rings. The van der Waals surface area contributed by atoms with Crippen LogP contribution in [0.25, 0.3) is 22.4 Å². The molecule has 2 aromatic carbocycles. The Morgan fingerprint density at radius 3 is 2.61 bits per heavy atom. The molecular formula is C21H24Cl2N4O. The van der Waals surface area contributed by atoms with E-state index in [9.17, 15) is 4.79 Å². The van der Waals surface area contributed by atoms with Gasteiger partial charge >= 0.3 is 0 Å². The SMILES string of the molecule is Cl.Cl.NC1C2CCC(C2)C1C(=O)Nc1cccc(-c2nc3ccccc3[nH]2)c1. The van der Waals surface area contributed by atoms with Crippen LogP contribution in [-0.4, -0.2) is 21.9 Å². The number of fused-ring (bicyclic) bond motifs is 3. The van der Waals surface area contributed by atoms with Crippen LogP contribution in [0.3, 0.4) is 0 Å². The first-order valence-corrected chi connectivity index (χ1v) is 9.31. The van der Waals surface area contributed by atoms with Gasteiger partial charge in [0.1, 0.15) is 5.82 Å². The van der Waals surface area contributed by atoms with Crippen molar-refractivity contribution in [2.75, 3.05) is 5.32 Å². The Labute approximate surface area is 176 Å². The zero-order valence-corrected chi connectivity index (χ0v) is 16.9. The Balaban J connectivity index is 0.00000112. The maximum absolute atomic E-state index is 12.8. The molecule has 2 fully saturated rings. The van der Waals surface area contributed by atoms with E-state index in [0.717, 1.165) is 41.0 Å². The zero-order chi connectivity index (χ0) is 17.7. The number of H-pyrrole nitrogens is 1. The topological polar surface area (TPSA) is 83.8 Å². The number of aromatic amines is 1. The van der Waals surface area contributed by atoms with E-state index in [0.29, 0.717) is 11.8 Å². The summed E-state index contributed by atoms with van der Waals surface area (Å²) in [5.74, 6) is 1.79. The molecule has 0 saturated heterocycles. The second kappa shape index (κ2) is 8.11. The molecule has 4 unspecified atom stereocenters. The van der Waals surface area contributed by atoms with Gasteiger partial charge in [-0.3, -0.25) is 4.79 Å². The Morgan fingerprint density at radius 1 is 1.07 bits per heavy atom. The quantitative estimate of drug-likeness (QED) is 0.589. The van der Waals surface area contributed by atoms with Gasteiger partial charge < -0.3 is 16.0 Å². The standard InChI is InChI=1S/C21H22N4O.2ClH/c22-19-13-9-8-12(10-13)18(19)21(26)23-15-5-3-4-14(11-15)20-24-16-6-1-2-7-17(16)25-20;;/h1-7,11-13,18-19H,8-10,22H2,(H,23,26)(H,24,25);2*1H. The Hall–Kier alpha value is -2.08. The molecule has 2 aliphatic carbocycles. The van der Waals surface area contributed by atoms with Gasteiger partial charge in [-0.15, -0.1) is 24.8 Å². The number of rotatable bonds is 3. The average Bonchev–Trinajstić information content (AvgIpc) is 3.35. The van der Waals surface area contributed by atoms with Crippen molar-refractivity contribution in [2.24, 2.45) is 23.5 Å². The smallest absolute Gasteiger partial charge is 0.229 e. The molecule has 148 valence electrons. The lowest BCUT2D eigenvalue weighted by Gasteiger charge is -2.27. The summed E-state index contributed by atoms with van der Waals surface area (Å²) in [6, 6.07) is 15.8. The molecule has 1 aromatic heterocycles. The summed E-state index contributed by atoms with van der Waals surface area (Å²) in [5.41, 5.74) is 10.00. The van der Waals surface area contributed by atoms with E-state index in [1.807, 2.05) is 48.5 Å². The van der Waals surface area contributed by atoms with E-state index in [-0.39, 0.29) is 42.7 Å². The third-order valence-corrected chi connectivity index (χ3v) is 6.08. The van der Waals surface area contributed by atoms with Gasteiger partial charge in [-0.05, 0) is 55.4 Å². The zero-order valence-electron chi connectivity index (χ0n) is 15.3. The van der Waals surface area contributed by atoms with Gasteiger partial charge in [0, 0.05) is 17.3 Å². The molecule has 7 heteroatoms. The average molecular weight is 419 g/mol. The molecule has 4 atom stereocenters. The number of carbonyl (C=O) groups excluding carboxylic acids is 1. The molecular weight excluding hydrogens is 395 g/mol. The molecule has 0 radical (unpaired) electrons. The van der Waals surface area contributed by atoms with Gasteiger partial charge in [0.15, 0.2) is 0 Å². The number of anilines is 1. The largest absolute Gasteiger partial charge is 0.338 e. The lowest BCUT2D eigenvalue weighted by Crippen LogP contribution is -2.42. The van der Waals surface area contributed by atoms with Gasteiger partial charge in [-0.1, -0.05) is 24.3 Å². The second-order valence-corrected chi connectivity index (χ2v) is 7.61. The number of nitrogens with one attached hydrogen (secondary N) is 2. The van der Waals surface area contributed by atoms with Gasteiger partial charge in [-0.2, -0.15) is 0 Å². The predicted molar refractivity (Wildman–Crippen MR) is 117 cm³/mol. The van der Waals surface area contributed by atoms with Crippen LogP contribution in [0.15, 0.2) is 48.5 Å². The van der Waals surface area contributed by atoms with Gasteiger partial charge in [0.25, 0.3) is 0 Å². The van der Waals surface area contributed by atoms with Crippen molar-refractivity contribution in [1.29, 1.82) is 0 Å². The monoisotopic (exact) mass is 418 g/mol. The number of aromatic nitrogens is 2. The molecule has 4 N–H and O–H groups in total. The van der Waals surface area contributed by atoms with Crippen molar-refractivity contribution in [2.45, 2.75) is 25.3 Å². The van der Waals surface area contributed by atoms with Crippen molar-refractivity contribution in [3.05, 3.63) is 48.5 Å². The normalized spacial score (nSPS) is 25.2. The lowest BCUT2D eigenvalue weighted by atomic mass is 9.84. The number of nitrogens with two attached hydrogens (primary N) is 1. The molecule has 2 aliphatic rings. The number of imidazole rings is 1. The van der Waals surface area contributed by atoms with Gasteiger partial charge in [0.05, 0.1) is 17.0 Å². The Morgan fingerprint density at radius 2 is 1.86 bits per heavy atom. The first-order valence-electron chi connectivity index (χ1n) is 9.31. The van der Waals surface area contributed by atoms with Crippen molar-refractivity contribution in [3.8, 4) is 11.4 Å². The molecule has 5 nitrogen and oxygen atoms in total. The van der Waals surface area contributed by atoms with Gasteiger partial charge in [-0.25, -0.2) is 4.98 Å². The fourth-order valence-corrected chi connectivity index (χ4v) is 4.78. The molecule has 0 aliphatic heterocycles. The second-order valence-electron chi connectivity index (χ2n) is 7.61. The summed E-state index contributed by atoms with van der Waals surface area (Å²) >= 11 is 0. The summed E-state index contributed by atoms with van der Waals surface area (Å²) in [6.45, 7) is 0. The van der Waals surface area contributed by atoms with Crippen LogP contribution < -0.4 is 11.1 Å². The fourth-order valence-electron chi connectivity index (χ4n) is 4.78. The number of halogens is 2. The van der Waals surface area contributed by atoms with Crippen LogP contribution in [0.2, 0.25) is 0 Å². The molecule has 28 heavy (non-hydrogen) atoms. The summed E-state index contributed by atoms with van der Waals surface area (Å²) in [6.07, 6.45) is 3.42. The number of hydrogen-bond donors (Lipinski definition) is 3. The first kappa shape index (κ1) is 20.6. The number of nitrogens with zero attached hydrogens (tertiary/aromatic N) is 1. The number of para-hydroxylation sites is 2. The minimum atomic E-state index is -0.0522. The Bertz CT molecular complexity index is 954. The summed E-state index contributed by atoms with van der Waals surface area (Å²) in [5, 5.41) is 3.08. The van der Waals surface area contributed by atoms with Crippen LogP contribution in [0.1, 0.15) is 19.3 Å². The van der Waals surface area contributed by atoms with E-state index in [4.69, 9.17) is 5.73 Å². The van der Waals surface area contributed by atoms with Crippen molar-refractivity contribution < 1.29 is 4.79 Å². The third-order valence-electron chi connectivity index (χ3n) is 6.08. The van der Waals surface area contributed by atoms with E-state index in [1.165, 1.54) is 6.42 Å². The van der Waals surface area contributed by atoms with Crippen LogP contribution in [-0.2, 0) is 4.79 Å². The maximum atomic E-state index is 12.8. The number of hydrogen-bond acceptors (Lipinski definition) is 3. The molecule has 5 rings (SSSR count). The number of carbonyl (C=O) groups is 1. The molecule has 2 saturated carbocycles. The minimum Gasteiger partial charge on any atom is -0.338 e. The van der Waals surface area contributed by atoms with Gasteiger partial charge in [0.2, 0.25) is 5.91 Å².